The molecule has 5 rings (SSSR count). The molecule has 0 atom stereocenters. The van der Waals surface area contributed by atoms with Gasteiger partial charge in [-0.3, -0.25) is 0 Å². The van der Waals surface area contributed by atoms with E-state index in [0.717, 1.165) is 6.54 Å². The zero-order chi connectivity index (χ0) is 39.9. The molecule has 0 bridgehead atoms. The van der Waals surface area contributed by atoms with Gasteiger partial charge >= 0.3 is 345 Å². The maximum atomic E-state index is 12.3. The van der Waals surface area contributed by atoms with Crippen molar-refractivity contribution in [2.75, 3.05) is 0 Å². The number of amides is 4. The first kappa shape index (κ1) is 41.1. The Bertz CT molecular complexity index is 1900. The summed E-state index contributed by atoms with van der Waals surface area (Å²) in [5.74, 6) is 0.869. The molecular formula is C42H36Bi2N4O8. The van der Waals surface area contributed by atoms with Crippen molar-refractivity contribution in [3.05, 3.63) is 195 Å². The van der Waals surface area contributed by atoms with E-state index in [-0.39, 0.29) is 23.6 Å². The summed E-state index contributed by atoms with van der Waals surface area (Å²) in [5, 5.41) is 10.2. The summed E-state index contributed by atoms with van der Waals surface area (Å²) in [5.41, 5.74) is 1.74. The summed E-state index contributed by atoms with van der Waals surface area (Å²) in [6.07, 6.45) is 5.26. The molecule has 0 radical (unpaired) electrons. The molecule has 5 aromatic rings. The third-order valence-electron chi connectivity index (χ3n) is 7.42. The molecule has 0 aromatic heterocycles. The second kappa shape index (κ2) is 20.5. The minimum absolute atomic E-state index is 0.299. The Morgan fingerprint density at radius 3 is 0.732 bits per heavy atom. The number of rotatable bonds is 18. The van der Waals surface area contributed by atoms with E-state index in [0.29, 0.717) is 45.3 Å². The number of hydrogen-bond acceptors (Lipinski definition) is 8. The van der Waals surface area contributed by atoms with Crippen LogP contribution in [0.1, 0.15) is 41.4 Å². The van der Waals surface area contributed by atoms with E-state index >= 15 is 0 Å². The SMILES string of the molecule is C=CNC(=O)c1ccc([O][Bi]([O]c2ccc(C(=O)NC=C)cc2)[c]2cc[c]([Bi]([O]c3ccc(C(=O)NC=C)cc3)[O]c3ccc(C(=O)NC=C)cc3)cc2)cc1. The van der Waals surface area contributed by atoms with Gasteiger partial charge in [0.05, 0.1) is 0 Å². The zero-order valence-electron chi connectivity index (χ0n) is 29.8. The summed E-state index contributed by atoms with van der Waals surface area (Å²) in [4.78, 5) is 49.1. The molecule has 4 amide bonds. The van der Waals surface area contributed by atoms with Crippen LogP contribution >= 0.6 is 0 Å². The van der Waals surface area contributed by atoms with E-state index in [1.807, 2.05) is 24.3 Å². The van der Waals surface area contributed by atoms with Crippen LogP contribution < -0.4 is 39.1 Å². The predicted octanol–water partition coefficient (Wildman–Crippen LogP) is 4.89. The summed E-state index contributed by atoms with van der Waals surface area (Å²) in [6, 6.07) is 34.5. The number of hydrogen-bond donors (Lipinski definition) is 4. The molecule has 0 unspecified atom stereocenters. The van der Waals surface area contributed by atoms with Crippen molar-refractivity contribution in [1.82, 2.24) is 21.3 Å². The molecule has 0 heterocycles. The fraction of sp³-hybridized carbons (Fsp3) is 0. The molecule has 14 heteroatoms. The van der Waals surface area contributed by atoms with Crippen LogP contribution in [0.4, 0.5) is 0 Å². The molecule has 0 saturated heterocycles. The average Bonchev–Trinajstić information content (AvgIpc) is 3.22. The maximum absolute atomic E-state index is 12.3. The van der Waals surface area contributed by atoms with E-state index in [2.05, 4.69) is 47.6 Å². The summed E-state index contributed by atoms with van der Waals surface area (Å²) in [7, 11) is 0. The summed E-state index contributed by atoms with van der Waals surface area (Å²) >= 11 is -7.21. The molecule has 12 nitrogen and oxygen atoms in total. The quantitative estimate of drug-likeness (QED) is 0.0907. The Balaban J connectivity index is 1.44. The third kappa shape index (κ3) is 11.5. The van der Waals surface area contributed by atoms with Crippen LogP contribution in [0.25, 0.3) is 0 Å². The van der Waals surface area contributed by atoms with Crippen LogP contribution in [0.5, 0.6) is 23.0 Å². The molecule has 282 valence electrons. The number of carbonyl (C=O) groups excluding carboxylic acids is 4. The molecule has 0 aliphatic heterocycles. The Morgan fingerprint density at radius 1 is 0.357 bits per heavy atom. The van der Waals surface area contributed by atoms with Gasteiger partial charge in [0.25, 0.3) is 0 Å². The Labute approximate surface area is 342 Å². The fourth-order valence-corrected chi connectivity index (χ4v) is 14.6. The monoisotopic (exact) mass is 1140 g/mol. The first-order valence-electron chi connectivity index (χ1n) is 16.7. The average molecular weight is 1140 g/mol. The van der Waals surface area contributed by atoms with Gasteiger partial charge in [-0.15, -0.1) is 0 Å². The molecule has 0 saturated carbocycles. The number of carbonyl (C=O) groups is 4. The van der Waals surface area contributed by atoms with Crippen LogP contribution in [-0.2, 0) is 0 Å². The molecule has 56 heavy (non-hydrogen) atoms. The van der Waals surface area contributed by atoms with Gasteiger partial charge in [0.15, 0.2) is 0 Å². The standard InChI is InChI=1S/4C9H9NO2.C6H4.2Bi/c4*1-2-10-9(12)7-3-5-8(11)6-4-7;1-2-4-6-5-3-1;;/h4*2-6,11H,1H2,(H,10,12);1-2,5-6H;;/q;;;;;2*+2/p-4. The van der Waals surface area contributed by atoms with E-state index in [1.165, 1.54) is 24.8 Å². The zero-order valence-corrected chi connectivity index (χ0v) is 36.8. The van der Waals surface area contributed by atoms with Crippen molar-refractivity contribution >= 4 is 75.4 Å². The van der Waals surface area contributed by atoms with Crippen molar-refractivity contribution in [3.8, 4) is 23.0 Å². The van der Waals surface area contributed by atoms with Crippen molar-refractivity contribution in [2.45, 2.75) is 0 Å². The van der Waals surface area contributed by atoms with E-state index in [9.17, 15) is 19.2 Å². The second-order valence-electron chi connectivity index (χ2n) is 11.2. The van der Waals surface area contributed by atoms with Crippen molar-refractivity contribution in [2.24, 2.45) is 0 Å². The van der Waals surface area contributed by atoms with E-state index in [1.54, 1.807) is 97.1 Å². The van der Waals surface area contributed by atoms with Crippen LogP contribution in [0, 0.1) is 0 Å². The first-order valence-corrected chi connectivity index (χ1v) is 25.9. The first-order chi connectivity index (χ1) is 27.2. The van der Waals surface area contributed by atoms with Crippen molar-refractivity contribution in [3.63, 3.8) is 0 Å². The molecule has 5 aromatic carbocycles. The minimum atomic E-state index is -3.61. The van der Waals surface area contributed by atoms with Gasteiger partial charge in [-0.25, -0.2) is 0 Å². The Hall–Kier alpha value is -6.09. The van der Waals surface area contributed by atoms with Crippen molar-refractivity contribution < 1.29 is 30.4 Å². The van der Waals surface area contributed by atoms with Gasteiger partial charge in [0, 0.05) is 0 Å². The molecule has 0 spiro atoms. The van der Waals surface area contributed by atoms with Gasteiger partial charge in [0.2, 0.25) is 0 Å². The number of nitrogens with one attached hydrogen (secondary N) is 4. The van der Waals surface area contributed by atoms with Crippen LogP contribution in [-0.4, -0.2) is 68.9 Å². The Kier molecular flexibility index (Phi) is 15.1. The Morgan fingerprint density at radius 2 is 0.554 bits per heavy atom. The van der Waals surface area contributed by atoms with Gasteiger partial charge in [-0.2, -0.15) is 0 Å². The van der Waals surface area contributed by atoms with Gasteiger partial charge in [-0.1, -0.05) is 0 Å². The van der Waals surface area contributed by atoms with E-state index < -0.39 is 45.3 Å². The van der Waals surface area contributed by atoms with Gasteiger partial charge < -0.3 is 0 Å². The normalized spacial score (nSPS) is 10.3. The molecule has 0 aliphatic rings. The molecule has 0 aliphatic carbocycles. The van der Waals surface area contributed by atoms with Gasteiger partial charge in [-0.05, 0) is 0 Å². The third-order valence-corrected chi connectivity index (χ3v) is 18.9. The summed E-state index contributed by atoms with van der Waals surface area (Å²) < 4.78 is 27.7. The topological polar surface area (TPSA) is 153 Å². The van der Waals surface area contributed by atoms with Crippen LogP contribution in [0.2, 0.25) is 0 Å². The second-order valence-corrected chi connectivity index (χ2v) is 22.1. The van der Waals surface area contributed by atoms with Gasteiger partial charge in [0.1, 0.15) is 0 Å². The number of benzene rings is 5. The molecule has 0 fully saturated rings. The predicted molar refractivity (Wildman–Crippen MR) is 216 cm³/mol. The van der Waals surface area contributed by atoms with E-state index in [4.69, 9.17) is 11.3 Å². The van der Waals surface area contributed by atoms with Crippen LogP contribution in [0.15, 0.2) is 172 Å². The molecule has 4 N–H and O–H groups in total. The summed E-state index contributed by atoms with van der Waals surface area (Å²) in [6.45, 7) is 14.1. The van der Waals surface area contributed by atoms with Crippen LogP contribution in [0.3, 0.4) is 0 Å². The fourth-order valence-electron chi connectivity index (χ4n) is 4.70. The molecular weight excluding hydrogens is 1110 g/mol. The van der Waals surface area contributed by atoms with Crippen molar-refractivity contribution in [1.29, 1.82) is 0 Å².